The highest BCUT2D eigenvalue weighted by Crippen LogP contribution is 2.25. The number of hydrogen-bond acceptors (Lipinski definition) is 6. The maximum atomic E-state index is 14.2. The van der Waals surface area contributed by atoms with E-state index in [0.29, 0.717) is 0 Å². The number of nitrogens with one attached hydrogen (secondary N) is 2. The lowest BCUT2D eigenvalue weighted by atomic mass is 10.1. The van der Waals surface area contributed by atoms with E-state index in [4.69, 9.17) is 5.73 Å². The van der Waals surface area contributed by atoms with Crippen LogP contribution in [0.15, 0.2) is 42.6 Å². The predicted octanol–water partition coefficient (Wildman–Crippen LogP) is 3.53. The minimum atomic E-state index is -0.595. The van der Waals surface area contributed by atoms with E-state index in [0.717, 1.165) is 22.7 Å². The molecule has 0 saturated heterocycles. The largest absolute Gasteiger partial charge is 0.364 e. The number of rotatable bonds is 5. The smallest absolute Gasteiger partial charge is 0.166 e. The highest BCUT2D eigenvalue weighted by atomic mass is 19.1. The van der Waals surface area contributed by atoms with Crippen molar-refractivity contribution in [3.63, 3.8) is 0 Å². The van der Waals surface area contributed by atoms with Gasteiger partial charge in [0, 0.05) is 29.4 Å². The average Bonchev–Trinajstić information content (AvgIpc) is 2.63. The lowest BCUT2D eigenvalue weighted by Gasteiger charge is -2.19. The van der Waals surface area contributed by atoms with Crippen LogP contribution in [-0.2, 0) is 0 Å². The van der Waals surface area contributed by atoms with Gasteiger partial charge in [-0.1, -0.05) is 6.07 Å². The molecule has 0 aliphatic rings. The highest BCUT2D eigenvalue weighted by molar-refractivity contribution is 5.83. The van der Waals surface area contributed by atoms with Crippen LogP contribution in [0.3, 0.4) is 0 Å². The number of nitriles is 1. The first kappa shape index (κ1) is 17.6. The fourth-order valence-electron chi connectivity index (χ4n) is 2.41. The molecule has 4 N–H and O–H groups in total. The predicted molar refractivity (Wildman–Crippen MR) is 101 cm³/mol. The number of benzene rings is 1. The van der Waals surface area contributed by atoms with E-state index < -0.39 is 5.82 Å². The zero-order chi connectivity index (χ0) is 18.7. The number of aromatic nitrogens is 2. The van der Waals surface area contributed by atoms with Crippen LogP contribution in [0.2, 0.25) is 0 Å². The molecule has 3 aromatic rings. The third kappa shape index (κ3) is 3.71. The van der Waals surface area contributed by atoms with E-state index in [1.165, 1.54) is 0 Å². The van der Waals surface area contributed by atoms with Crippen LogP contribution in [0.1, 0.15) is 19.4 Å². The number of nitrogens with two attached hydrogens (primary N) is 1. The topological polar surface area (TPSA) is 99.7 Å². The lowest BCUT2D eigenvalue weighted by molar-refractivity contribution is 0.601. The van der Waals surface area contributed by atoms with Crippen molar-refractivity contribution < 1.29 is 4.39 Å². The summed E-state index contributed by atoms with van der Waals surface area (Å²) in [6, 6.07) is 12.1. The third-order valence-corrected chi connectivity index (χ3v) is 4.12. The molecule has 132 valence electrons. The Bertz CT molecular complexity index is 979. The standard InChI is InChI=1S/C19H19FN6/c1-11(22)12(2)24-19-16(20)9-14(10-21)18(26-19)25-15-5-6-17-13(8-15)4-3-7-23-17/h3-9,11-12H,22H2,1-2H3,(H2,24,25,26). The van der Waals surface area contributed by atoms with E-state index in [1.54, 1.807) is 6.20 Å². The van der Waals surface area contributed by atoms with Crippen molar-refractivity contribution in [2.75, 3.05) is 10.6 Å². The van der Waals surface area contributed by atoms with E-state index in [9.17, 15) is 9.65 Å². The molecule has 2 atom stereocenters. The first-order valence-electron chi connectivity index (χ1n) is 8.22. The Morgan fingerprint density at radius 3 is 2.73 bits per heavy atom. The molecule has 0 fully saturated rings. The maximum absolute atomic E-state index is 14.2. The molecule has 0 aliphatic heterocycles. The second-order valence-corrected chi connectivity index (χ2v) is 6.15. The van der Waals surface area contributed by atoms with Crippen LogP contribution < -0.4 is 16.4 Å². The summed E-state index contributed by atoms with van der Waals surface area (Å²) in [6.45, 7) is 3.66. The van der Waals surface area contributed by atoms with E-state index in [1.807, 2.05) is 50.2 Å². The van der Waals surface area contributed by atoms with Gasteiger partial charge in [-0.25, -0.2) is 9.37 Å². The van der Waals surface area contributed by atoms with Crippen molar-refractivity contribution in [2.45, 2.75) is 25.9 Å². The van der Waals surface area contributed by atoms with Gasteiger partial charge in [-0.3, -0.25) is 4.98 Å². The molecule has 3 rings (SSSR count). The van der Waals surface area contributed by atoms with Crippen molar-refractivity contribution in [3.05, 3.63) is 54.0 Å². The third-order valence-electron chi connectivity index (χ3n) is 4.12. The molecule has 2 heterocycles. The minimum Gasteiger partial charge on any atom is -0.364 e. The SMILES string of the molecule is CC(N)C(C)Nc1nc(Nc2ccc3ncccc3c2)c(C#N)cc1F. The molecule has 26 heavy (non-hydrogen) atoms. The zero-order valence-corrected chi connectivity index (χ0v) is 14.5. The molecule has 0 spiro atoms. The normalized spacial score (nSPS) is 13.0. The van der Waals surface area contributed by atoms with Crippen molar-refractivity contribution in [2.24, 2.45) is 5.73 Å². The summed E-state index contributed by atoms with van der Waals surface area (Å²) in [7, 11) is 0. The van der Waals surface area contributed by atoms with Crippen molar-refractivity contribution >= 4 is 28.2 Å². The summed E-state index contributed by atoms with van der Waals surface area (Å²) in [5.74, 6) is -0.266. The van der Waals surface area contributed by atoms with Gasteiger partial charge in [-0.2, -0.15) is 5.26 Å². The summed E-state index contributed by atoms with van der Waals surface area (Å²) in [6.07, 6.45) is 1.72. The molecular formula is C19H19FN6. The van der Waals surface area contributed by atoms with E-state index in [2.05, 4.69) is 20.6 Å². The fourth-order valence-corrected chi connectivity index (χ4v) is 2.41. The second kappa shape index (κ2) is 7.33. The van der Waals surface area contributed by atoms with Gasteiger partial charge in [0.05, 0.1) is 11.1 Å². The van der Waals surface area contributed by atoms with Crippen LogP contribution in [-0.4, -0.2) is 22.1 Å². The molecule has 2 unspecified atom stereocenters. The van der Waals surface area contributed by atoms with Crippen LogP contribution >= 0.6 is 0 Å². The zero-order valence-electron chi connectivity index (χ0n) is 14.5. The Balaban J connectivity index is 1.95. The number of pyridine rings is 2. The molecule has 0 radical (unpaired) electrons. The van der Waals surface area contributed by atoms with Crippen molar-refractivity contribution in [1.29, 1.82) is 5.26 Å². The number of hydrogen-bond donors (Lipinski definition) is 3. The minimum absolute atomic E-state index is 0.0544. The summed E-state index contributed by atoms with van der Waals surface area (Å²) in [4.78, 5) is 8.52. The lowest BCUT2D eigenvalue weighted by Crippen LogP contribution is -2.35. The van der Waals surface area contributed by atoms with Gasteiger partial charge in [0.25, 0.3) is 0 Å². The van der Waals surface area contributed by atoms with Gasteiger partial charge in [0.15, 0.2) is 17.5 Å². The second-order valence-electron chi connectivity index (χ2n) is 6.15. The maximum Gasteiger partial charge on any atom is 0.166 e. The van der Waals surface area contributed by atoms with Gasteiger partial charge in [-0.05, 0) is 44.2 Å². The summed E-state index contributed by atoms with van der Waals surface area (Å²) < 4.78 is 14.2. The molecular weight excluding hydrogens is 331 g/mol. The molecule has 0 aliphatic carbocycles. The van der Waals surface area contributed by atoms with Gasteiger partial charge in [-0.15, -0.1) is 0 Å². The Morgan fingerprint density at radius 1 is 1.19 bits per heavy atom. The molecule has 6 nitrogen and oxygen atoms in total. The van der Waals surface area contributed by atoms with Crippen molar-refractivity contribution in [1.82, 2.24) is 9.97 Å². The van der Waals surface area contributed by atoms with E-state index >= 15 is 0 Å². The molecule has 0 bridgehead atoms. The average molecular weight is 350 g/mol. The highest BCUT2D eigenvalue weighted by Gasteiger charge is 2.15. The first-order chi connectivity index (χ1) is 12.5. The molecule has 2 aromatic heterocycles. The molecule has 7 heteroatoms. The first-order valence-corrected chi connectivity index (χ1v) is 8.22. The van der Waals surface area contributed by atoms with Crippen LogP contribution in [0.5, 0.6) is 0 Å². The van der Waals surface area contributed by atoms with Crippen LogP contribution in [0.4, 0.5) is 21.7 Å². The Kier molecular flexibility index (Phi) is 4.96. The number of fused-ring (bicyclic) bond motifs is 1. The Morgan fingerprint density at radius 2 is 2.00 bits per heavy atom. The number of anilines is 3. The quantitative estimate of drug-likeness (QED) is 0.651. The van der Waals surface area contributed by atoms with Crippen LogP contribution in [0, 0.1) is 17.1 Å². The molecule has 0 saturated carbocycles. The van der Waals surface area contributed by atoms with Gasteiger partial charge in [0.2, 0.25) is 0 Å². The summed E-state index contributed by atoms with van der Waals surface area (Å²) in [5.41, 5.74) is 7.52. The summed E-state index contributed by atoms with van der Waals surface area (Å²) >= 11 is 0. The van der Waals surface area contributed by atoms with Gasteiger partial charge in [0.1, 0.15) is 6.07 Å². The number of halogens is 1. The monoisotopic (exact) mass is 350 g/mol. The van der Waals surface area contributed by atoms with Gasteiger partial charge >= 0.3 is 0 Å². The molecule has 1 aromatic carbocycles. The number of nitrogens with zero attached hydrogens (tertiary/aromatic N) is 3. The molecule has 0 amide bonds. The Hall–Kier alpha value is -3.24. The fraction of sp³-hybridized carbons (Fsp3) is 0.211. The summed E-state index contributed by atoms with van der Waals surface area (Å²) in [5, 5.41) is 16.3. The Labute approximate surface area is 150 Å². The van der Waals surface area contributed by atoms with Gasteiger partial charge < -0.3 is 16.4 Å². The van der Waals surface area contributed by atoms with Crippen LogP contribution in [0.25, 0.3) is 10.9 Å². The van der Waals surface area contributed by atoms with E-state index in [-0.39, 0.29) is 29.3 Å². The van der Waals surface area contributed by atoms with Crippen molar-refractivity contribution in [3.8, 4) is 6.07 Å².